The highest BCUT2D eigenvalue weighted by Crippen LogP contribution is 2.53. The van der Waals surface area contributed by atoms with Crippen molar-refractivity contribution in [3.8, 4) is 40.2 Å². The predicted octanol–water partition coefficient (Wildman–Crippen LogP) is 3.12. The van der Waals surface area contributed by atoms with Gasteiger partial charge in [-0.25, -0.2) is 0 Å². The van der Waals surface area contributed by atoms with Gasteiger partial charge in [0.05, 0.1) is 54.2 Å². The molecule has 5 N–H and O–H groups in total. The van der Waals surface area contributed by atoms with Crippen LogP contribution in [0.25, 0.3) is 6.08 Å². The molecule has 4 rings (SSSR count). The van der Waals surface area contributed by atoms with Gasteiger partial charge in [-0.2, -0.15) is 0 Å². The molecular formula is C31H36O11. The number of methoxy groups -OCH3 is 4. The number of ether oxygens (including phenoxy) is 6. The van der Waals surface area contributed by atoms with Crippen LogP contribution in [0.5, 0.6) is 40.2 Å². The number of phenolic OH excluding ortho intramolecular Hbond substituents is 1. The van der Waals surface area contributed by atoms with Gasteiger partial charge in [-0.05, 0) is 47.5 Å². The summed E-state index contributed by atoms with van der Waals surface area (Å²) < 4.78 is 34.3. The van der Waals surface area contributed by atoms with E-state index in [0.29, 0.717) is 22.6 Å². The number of aliphatic hydroxyl groups is 4. The van der Waals surface area contributed by atoms with Gasteiger partial charge in [-0.15, -0.1) is 0 Å². The Morgan fingerprint density at radius 2 is 1.52 bits per heavy atom. The quantitative estimate of drug-likeness (QED) is 0.201. The van der Waals surface area contributed by atoms with Gasteiger partial charge in [0.15, 0.2) is 40.6 Å². The Hall–Kier alpha value is -4.16. The van der Waals surface area contributed by atoms with Crippen LogP contribution in [0.1, 0.15) is 40.4 Å². The first-order chi connectivity index (χ1) is 20.3. The van der Waals surface area contributed by atoms with E-state index in [1.807, 2.05) is 6.07 Å². The summed E-state index contributed by atoms with van der Waals surface area (Å²) in [6.07, 6.45) is 0.275. The molecule has 0 spiro atoms. The fraction of sp³-hybridized carbons (Fsp3) is 0.355. The molecule has 4 atom stereocenters. The molecule has 0 saturated carbocycles. The third kappa shape index (κ3) is 6.04. The van der Waals surface area contributed by atoms with Crippen molar-refractivity contribution in [3.63, 3.8) is 0 Å². The third-order valence-electron chi connectivity index (χ3n) is 7.11. The Labute approximate surface area is 243 Å². The normalized spacial score (nSPS) is 17.3. The number of benzene rings is 3. The maximum Gasteiger partial charge on any atom is 0.204 e. The van der Waals surface area contributed by atoms with Crippen LogP contribution in [0, 0.1) is 0 Å². The van der Waals surface area contributed by atoms with Gasteiger partial charge in [0.25, 0.3) is 0 Å². The first-order valence-electron chi connectivity index (χ1n) is 13.2. The zero-order valence-electron chi connectivity index (χ0n) is 23.8. The van der Waals surface area contributed by atoms with Crippen molar-refractivity contribution < 1.29 is 54.0 Å². The van der Waals surface area contributed by atoms with Crippen LogP contribution in [-0.4, -0.2) is 79.9 Å². The average Bonchev–Trinajstić information content (AvgIpc) is 3.40. The lowest BCUT2D eigenvalue weighted by molar-refractivity contribution is -0.00180. The molecular weight excluding hydrogens is 548 g/mol. The number of hydrogen-bond acceptors (Lipinski definition) is 11. The minimum Gasteiger partial charge on any atom is -0.504 e. The lowest BCUT2D eigenvalue weighted by Gasteiger charge is -2.26. The first-order valence-corrected chi connectivity index (χ1v) is 13.2. The van der Waals surface area contributed by atoms with Gasteiger partial charge in [0, 0.05) is 11.1 Å². The molecule has 11 heteroatoms. The monoisotopic (exact) mass is 584 g/mol. The van der Waals surface area contributed by atoms with Crippen molar-refractivity contribution in [2.75, 3.05) is 48.3 Å². The van der Waals surface area contributed by atoms with Crippen LogP contribution in [-0.2, 0) is 0 Å². The number of aliphatic hydroxyl groups excluding tert-OH is 4. The van der Waals surface area contributed by atoms with E-state index in [-0.39, 0.29) is 42.0 Å². The summed E-state index contributed by atoms with van der Waals surface area (Å²) in [6.45, 7) is -0.905. The van der Waals surface area contributed by atoms with Gasteiger partial charge in [0.2, 0.25) is 5.75 Å². The van der Waals surface area contributed by atoms with Crippen molar-refractivity contribution in [2.24, 2.45) is 0 Å². The molecule has 3 aromatic carbocycles. The molecule has 226 valence electrons. The minimum atomic E-state index is -1.30. The highest BCUT2D eigenvalue weighted by Gasteiger charge is 2.39. The van der Waals surface area contributed by atoms with Gasteiger partial charge < -0.3 is 54.0 Å². The molecule has 1 aliphatic rings. The molecule has 3 aromatic rings. The van der Waals surface area contributed by atoms with E-state index in [4.69, 9.17) is 28.4 Å². The van der Waals surface area contributed by atoms with Gasteiger partial charge >= 0.3 is 0 Å². The standard InChI is InChI=1S/C31H36O11/c1-37-23-12-18(7-8-22(23)35)28(36)27(16-34)41-31-25(39-3)13-19(14-26(31)40-4)29-21(15-33)20-10-17(6-5-9-32)11-24(38-2)30(20)42-29/h5-8,10-14,21,27-29,32-36H,9,15-16H2,1-4H3/b6-5+/t21?,27-,28-,29?/m1/s1. The van der Waals surface area contributed by atoms with E-state index in [1.165, 1.54) is 46.6 Å². The Morgan fingerprint density at radius 3 is 2.10 bits per heavy atom. The van der Waals surface area contributed by atoms with Crippen molar-refractivity contribution in [2.45, 2.75) is 24.2 Å². The zero-order valence-corrected chi connectivity index (χ0v) is 23.8. The van der Waals surface area contributed by atoms with E-state index in [9.17, 15) is 25.5 Å². The largest absolute Gasteiger partial charge is 0.504 e. The number of fused-ring (bicyclic) bond motifs is 1. The van der Waals surface area contributed by atoms with E-state index in [2.05, 4.69) is 0 Å². The second-order valence-electron chi connectivity index (χ2n) is 9.52. The second kappa shape index (κ2) is 13.7. The maximum atomic E-state index is 11.0. The van der Waals surface area contributed by atoms with Crippen LogP contribution in [0.15, 0.2) is 48.5 Å². The van der Waals surface area contributed by atoms with E-state index in [1.54, 1.807) is 30.4 Å². The molecule has 2 unspecified atom stereocenters. The Morgan fingerprint density at radius 1 is 0.857 bits per heavy atom. The molecule has 0 radical (unpaired) electrons. The summed E-state index contributed by atoms with van der Waals surface area (Å²) in [7, 11) is 5.80. The van der Waals surface area contributed by atoms with E-state index >= 15 is 0 Å². The molecule has 0 amide bonds. The van der Waals surface area contributed by atoms with Gasteiger partial charge in [-0.1, -0.05) is 18.2 Å². The molecule has 0 aliphatic carbocycles. The summed E-state index contributed by atoms with van der Waals surface area (Å²) >= 11 is 0. The molecule has 1 aliphatic heterocycles. The second-order valence-corrected chi connectivity index (χ2v) is 9.52. The Kier molecular flexibility index (Phi) is 10.0. The first kappa shape index (κ1) is 30.8. The molecule has 0 bridgehead atoms. The lowest BCUT2D eigenvalue weighted by Crippen LogP contribution is -2.29. The van der Waals surface area contributed by atoms with Crippen LogP contribution in [0.2, 0.25) is 0 Å². The fourth-order valence-electron chi connectivity index (χ4n) is 4.98. The average molecular weight is 585 g/mol. The van der Waals surface area contributed by atoms with Crippen LogP contribution >= 0.6 is 0 Å². The smallest absolute Gasteiger partial charge is 0.204 e. The number of aromatic hydroxyl groups is 1. The summed E-state index contributed by atoms with van der Waals surface area (Å²) in [4.78, 5) is 0. The van der Waals surface area contributed by atoms with Crippen molar-refractivity contribution in [3.05, 3.63) is 70.8 Å². The topological polar surface area (TPSA) is 157 Å². The SMILES string of the molecule is COc1cc([C@@H](O)[C@@H](CO)Oc2c(OC)cc(C3Oc4c(OC)cc(/C=C/CO)cc4C3CO)cc2OC)ccc1O. The van der Waals surface area contributed by atoms with Crippen LogP contribution in [0.3, 0.4) is 0 Å². The van der Waals surface area contributed by atoms with Crippen LogP contribution in [0.4, 0.5) is 0 Å². The Balaban J connectivity index is 1.69. The Bertz CT molecular complexity index is 1380. The number of hydrogen-bond donors (Lipinski definition) is 5. The minimum absolute atomic E-state index is 0.0956. The highest BCUT2D eigenvalue weighted by atomic mass is 16.6. The van der Waals surface area contributed by atoms with Crippen LogP contribution < -0.4 is 28.4 Å². The van der Waals surface area contributed by atoms with E-state index in [0.717, 1.165) is 11.1 Å². The molecule has 0 aromatic heterocycles. The fourth-order valence-corrected chi connectivity index (χ4v) is 4.98. The van der Waals surface area contributed by atoms with Crippen molar-refractivity contribution in [1.29, 1.82) is 0 Å². The maximum absolute atomic E-state index is 11.0. The molecule has 11 nitrogen and oxygen atoms in total. The molecule has 0 fully saturated rings. The van der Waals surface area contributed by atoms with E-state index < -0.39 is 30.8 Å². The van der Waals surface area contributed by atoms with Gasteiger partial charge in [0.1, 0.15) is 12.2 Å². The summed E-state index contributed by atoms with van der Waals surface area (Å²) in [5, 5.41) is 50.6. The number of phenols is 1. The highest BCUT2D eigenvalue weighted by molar-refractivity contribution is 5.63. The summed E-state index contributed by atoms with van der Waals surface area (Å²) in [5.74, 6) is 1.20. The van der Waals surface area contributed by atoms with Crippen molar-refractivity contribution in [1.82, 2.24) is 0 Å². The van der Waals surface area contributed by atoms with Crippen molar-refractivity contribution >= 4 is 6.08 Å². The summed E-state index contributed by atoms with van der Waals surface area (Å²) in [5.41, 5.74) is 2.49. The van der Waals surface area contributed by atoms with Gasteiger partial charge in [-0.3, -0.25) is 0 Å². The predicted molar refractivity (Wildman–Crippen MR) is 153 cm³/mol. The number of rotatable bonds is 13. The lowest BCUT2D eigenvalue weighted by atomic mass is 9.90. The molecule has 0 saturated heterocycles. The molecule has 1 heterocycles. The zero-order chi connectivity index (χ0) is 30.4. The summed E-state index contributed by atoms with van der Waals surface area (Å²) in [6, 6.07) is 11.3. The third-order valence-corrected chi connectivity index (χ3v) is 7.11. The molecule has 42 heavy (non-hydrogen) atoms.